The quantitative estimate of drug-likeness (QED) is 0.835. The van der Waals surface area contributed by atoms with Crippen LogP contribution < -0.4 is 5.32 Å². The SMILES string of the molecule is CCCNC(c1nc(CC)c(C)s1)c1cccc(C)c1C. The standard InChI is InChI=1S/C18H26N2S/c1-6-11-19-17(15-10-8-9-12(3)13(15)4)18-20-16(7-2)14(5)21-18/h8-10,17,19H,6-7,11H2,1-5H3. The molecule has 0 saturated carbocycles. The first kappa shape index (κ1) is 16.2. The van der Waals surface area contributed by atoms with Gasteiger partial charge < -0.3 is 5.32 Å². The van der Waals surface area contributed by atoms with Gasteiger partial charge in [0.05, 0.1) is 11.7 Å². The maximum Gasteiger partial charge on any atom is 0.115 e. The third-order valence-electron chi connectivity index (χ3n) is 4.05. The molecule has 3 heteroatoms. The zero-order valence-corrected chi connectivity index (χ0v) is 14.6. The van der Waals surface area contributed by atoms with Crippen molar-refractivity contribution in [1.29, 1.82) is 0 Å². The molecule has 0 spiro atoms. The van der Waals surface area contributed by atoms with Crippen LogP contribution in [-0.2, 0) is 6.42 Å². The Morgan fingerprint density at radius 2 is 1.95 bits per heavy atom. The zero-order valence-electron chi connectivity index (χ0n) is 13.8. The molecule has 0 fully saturated rings. The summed E-state index contributed by atoms with van der Waals surface area (Å²) in [6.07, 6.45) is 2.14. The Bertz CT molecular complexity index is 601. The van der Waals surface area contributed by atoms with Crippen LogP contribution in [0.25, 0.3) is 0 Å². The molecular weight excluding hydrogens is 276 g/mol. The monoisotopic (exact) mass is 302 g/mol. The molecule has 1 N–H and O–H groups in total. The molecule has 0 saturated heterocycles. The number of thiazole rings is 1. The summed E-state index contributed by atoms with van der Waals surface area (Å²) in [6, 6.07) is 6.78. The minimum absolute atomic E-state index is 0.217. The molecule has 0 radical (unpaired) electrons. The number of rotatable bonds is 6. The molecule has 2 nitrogen and oxygen atoms in total. The first-order valence-electron chi connectivity index (χ1n) is 7.84. The lowest BCUT2D eigenvalue weighted by atomic mass is 9.97. The first-order chi connectivity index (χ1) is 10.1. The Hall–Kier alpha value is -1.19. The summed E-state index contributed by atoms with van der Waals surface area (Å²) in [5.41, 5.74) is 5.32. The van der Waals surface area contributed by atoms with Gasteiger partial charge in [-0.1, -0.05) is 32.0 Å². The summed E-state index contributed by atoms with van der Waals surface area (Å²) < 4.78 is 0. The van der Waals surface area contributed by atoms with Gasteiger partial charge in [-0.2, -0.15) is 0 Å². The smallest absolute Gasteiger partial charge is 0.115 e. The van der Waals surface area contributed by atoms with Crippen LogP contribution in [0.15, 0.2) is 18.2 Å². The van der Waals surface area contributed by atoms with Gasteiger partial charge in [-0.15, -0.1) is 11.3 Å². The van der Waals surface area contributed by atoms with Crippen molar-refractivity contribution >= 4 is 11.3 Å². The molecule has 21 heavy (non-hydrogen) atoms. The molecule has 2 rings (SSSR count). The highest BCUT2D eigenvalue weighted by molar-refractivity contribution is 7.11. The number of hydrogen-bond donors (Lipinski definition) is 1. The third kappa shape index (κ3) is 3.53. The van der Waals surface area contributed by atoms with E-state index in [4.69, 9.17) is 4.98 Å². The molecule has 1 atom stereocenters. The summed E-state index contributed by atoms with van der Waals surface area (Å²) in [5, 5.41) is 4.88. The Kier molecular flexibility index (Phi) is 5.54. The van der Waals surface area contributed by atoms with Crippen LogP contribution in [-0.4, -0.2) is 11.5 Å². The second-order valence-corrected chi connectivity index (χ2v) is 6.82. The van der Waals surface area contributed by atoms with Gasteiger partial charge in [0.2, 0.25) is 0 Å². The van der Waals surface area contributed by atoms with Crippen LogP contribution in [0.5, 0.6) is 0 Å². The third-order valence-corrected chi connectivity index (χ3v) is 5.12. The summed E-state index contributed by atoms with van der Waals surface area (Å²) in [7, 11) is 0. The maximum absolute atomic E-state index is 4.88. The molecule has 2 aromatic rings. The van der Waals surface area contributed by atoms with Crippen molar-refractivity contribution in [1.82, 2.24) is 10.3 Å². The fourth-order valence-electron chi connectivity index (χ4n) is 2.61. The Morgan fingerprint density at radius 1 is 1.19 bits per heavy atom. The van der Waals surface area contributed by atoms with E-state index in [0.29, 0.717) is 0 Å². The van der Waals surface area contributed by atoms with Gasteiger partial charge in [-0.3, -0.25) is 0 Å². The molecule has 114 valence electrons. The van der Waals surface area contributed by atoms with Gasteiger partial charge in [0.15, 0.2) is 0 Å². The number of aryl methyl sites for hydroxylation is 3. The number of aromatic nitrogens is 1. The largest absolute Gasteiger partial charge is 0.304 e. The van der Waals surface area contributed by atoms with E-state index < -0.39 is 0 Å². The fraction of sp³-hybridized carbons (Fsp3) is 0.500. The average Bonchev–Trinajstić information content (AvgIpc) is 2.84. The van der Waals surface area contributed by atoms with Crippen molar-refractivity contribution in [2.45, 2.75) is 53.5 Å². The van der Waals surface area contributed by atoms with E-state index in [1.54, 1.807) is 0 Å². The van der Waals surface area contributed by atoms with Crippen molar-refractivity contribution in [3.8, 4) is 0 Å². The summed E-state index contributed by atoms with van der Waals surface area (Å²) in [6.45, 7) is 12.0. The lowest BCUT2D eigenvalue weighted by molar-refractivity contribution is 0.592. The number of hydrogen-bond acceptors (Lipinski definition) is 3. The van der Waals surface area contributed by atoms with E-state index in [9.17, 15) is 0 Å². The number of benzene rings is 1. The molecule has 1 aromatic heterocycles. The van der Waals surface area contributed by atoms with E-state index in [1.807, 2.05) is 11.3 Å². The first-order valence-corrected chi connectivity index (χ1v) is 8.65. The van der Waals surface area contributed by atoms with E-state index in [-0.39, 0.29) is 6.04 Å². The minimum atomic E-state index is 0.217. The van der Waals surface area contributed by atoms with E-state index in [1.165, 1.54) is 32.3 Å². The number of nitrogens with zero attached hydrogens (tertiary/aromatic N) is 1. The van der Waals surface area contributed by atoms with Crippen molar-refractivity contribution in [3.63, 3.8) is 0 Å². The molecule has 1 unspecified atom stereocenters. The second-order valence-electron chi connectivity index (χ2n) is 5.58. The van der Waals surface area contributed by atoms with Gasteiger partial charge in [0.1, 0.15) is 5.01 Å². The highest BCUT2D eigenvalue weighted by Gasteiger charge is 2.20. The summed E-state index contributed by atoms with van der Waals surface area (Å²) in [5.74, 6) is 0. The Morgan fingerprint density at radius 3 is 2.57 bits per heavy atom. The molecule has 1 heterocycles. The van der Waals surface area contributed by atoms with E-state index in [0.717, 1.165) is 19.4 Å². The predicted octanol–water partition coefficient (Wildman–Crippen LogP) is 4.72. The Labute approximate surface area is 132 Å². The minimum Gasteiger partial charge on any atom is -0.304 e. The highest BCUT2D eigenvalue weighted by atomic mass is 32.1. The predicted molar refractivity (Wildman–Crippen MR) is 92.3 cm³/mol. The van der Waals surface area contributed by atoms with Crippen LogP contribution >= 0.6 is 11.3 Å². The van der Waals surface area contributed by atoms with Gasteiger partial charge in [0.25, 0.3) is 0 Å². The fourth-order valence-corrected chi connectivity index (χ4v) is 3.71. The molecule has 0 aliphatic carbocycles. The average molecular weight is 302 g/mol. The number of nitrogens with one attached hydrogen (secondary N) is 1. The van der Waals surface area contributed by atoms with Gasteiger partial charge in [0, 0.05) is 4.88 Å². The lowest BCUT2D eigenvalue weighted by Crippen LogP contribution is -2.24. The lowest BCUT2D eigenvalue weighted by Gasteiger charge is -2.20. The molecule has 0 aliphatic rings. The Balaban J connectivity index is 2.44. The van der Waals surface area contributed by atoms with Crippen molar-refractivity contribution in [3.05, 3.63) is 50.5 Å². The summed E-state index contributed by atoms with van der Waals surface area (Å²) in [4.78, 5) is 6.23. The molecule has 0 amide bonds. The zero-order chi connectivity index (χ0) is 15.4. The van der Waals surface area contributed by atoms with Crippen molar-refractivity contribution in [2.75, 3.05) is 6.54 Å². The molecule has 0 aliphatic heterocycles. The maximum atomic E-state index is 4.88. The topological polar surface area (TPSA) is 24.9 Å². The second kappa shape index (κ2) is 7.19. The molecule has 1 aromatic carbocycles. The van der Waals surface area contributed by atoms with Crippen LogP contribution in [0.3, 0.4) is 0 Å². The van der Waals surface area contributed by atoms with Gasteiger partial charge in [-0.05, 0) is 56.8 Å². The normalized spacial score (nSPS) is 12.6. The van der Waals surface area contributed by atoms with Crippen LogP contribution in [0.4, 0.5) is 0 Å². The van der Waals surface area contributed by atoms with Crippen molar-refractivity contribution < 1.29 is 0 Å². The molecular formula is C18H26N2S. The van der Waals surface area contributed by atoms with E-state index >= 15 is 0 Å². The van der Waals surface area contributed by atoms with Crippen LogP contribution in [0, 0.1) is 20.8 Å². The van der Waals surface area contributed by atoms with Gasteiger partial charge >= 0.3 is 0 Å². The van der Waals surface area contributed by atoms with Crippen molar-refractivity contribution in [2.24, 2.45) is 0 Å². The highest BCUT2D eigenvalue weighted by Crippen LogP contribution is 2.31. The summed E-state index contributed by atoms with van der Waals surface area (Å²) >= 11 is 1.83. The van der Waals surface area contributed by atoms with Crippen LogP contribution in [0.1, 0.15) is 58.6 Å². The van der Waals surface area contributed by atoms with E-state index in [2.05, 4.69) is 58.1 Å². The van der Waals surface area contributed by atoms with Crippen LogP contribution in [0.2, 0.25) is 0 Å². The van der Waals surface area contributed by atoms with Gasteiger partial charge in [-0.25, -0.2) is 4.98 Å². The molecule has 0 bridgehead atoms.